The zero-order valence-corrected chi connectivity index (χ0v) is 14.6. The van der Waals surface area contributed by atoms with Gasteiger partial charge in [-0.3, -0.25) is 9.89 Å². The lowest BCUT2D eigenvalue weighted by atomic mass is 9.92. The van der Waals surface area contributed by atoms with E-state index in [-0.39, 0.29) is 11.3 Å². The second-order valence-electron chi connectivity index (χ2n) is 5.50. The first kappa shape index (κ1) is 15.3. The second kappa shape index (κ2) is 5.69. The number of benzene rings is 1. The van der Waals surface area contributed by atoms with Crippen LogP contribution in [0.4, 0.5) is 5.82 Å². The molecule has 0 spiro atoms. The average molecular weight is 401 g/mol. The number of carbonyl (C=O) groups is 1. The number of hydrogen-bond donors (Lipinski definition) is 2. The molecule has 2 rings (SSSR count). The fraction of sp³-hybridized carbons (Fsp3) is 0.286. The van der Waals surface area contributed by atoms with Gasteiger partial charge in [-0.15, -0.1) is 0 Å². The van der Waals surface area contributed by atoms with Crippen LogP contribution >= 0.6 is 31.9 Å². The molecule has 1 aromatic carbocycles. The van der Waals surface area contributed by atoms with Crippen molar-refractivity contribution in [3.05, 3.63) is 44.5 Å². The van der Waals surface area contributed by atoms with Gasteiger partial charge in [0.1, 0.15) is 0 Å². The smallest absolute Gasteiger partial charge is 0.258 e. The van der Waals surface area contributed by atoms with Gasteiger partial charge >= 0.3 is 0 Å². The van der Waals surface area contributed by atoms with E-state index in [0.717, 1.165) is 14.6 Å². The normalized spacial score (nSPS) is 11.4. The van der Waals surface area contributed by atoms with Crippen LogP contribution in [0.15, 0.2) is 33.2 Å². The number of aromatic nitrogens is 2. The minimum Gasteiger partial charge on any atom is -0.305 e. The Labute approximate surface area is 134 Å². The van der Waals surface area contributed by atoms with Gasteiger partial charge in [0.15, 0.2) is 5.82 Å². The van der Waals surface area contributed by atoms with E-state index in [1.807, 2.05) is 18.2 Å². The number of amides is 1. The fourth-order valence-electron chi connectivity index (χ4n) is 1.63. The Balaban J connectivity index is 2.17. The van der Waals surface area contributed by atoms with Crippen molar-refractivity contribution in [1.29, 1.82) is 0 Å². The SMILES string of the molecule is CC(C)(C)c1cc(NC(=O)c2ccc(Br)cc2Br)n[nH]1. The minimum absolute atomic E-state index is 0.0336. The maximum Gasteiger partial charge on any atom is 0.258 e. The van der Waals surface area contributed by atoms with Crippen LogP contribution < -0.4 is 5.32 Å². The van der Waals surface area contributed by atoms with Gasteiger partial charge in [0, 0.05) is 26.1 Å². The van der Waals surface area contributed by atoms with Crippen molar-refractivity contribution in [2.45, 2.75) is 26.2 Å². The fourth-order valence-corrected chi connectivity index (χ4v) is 2.85. The molecule has 0 atom stereocenters. The molecule has 4 nitrogen and oxygen atoms in total. The monoisotopic (exact) mass is 399 g/mol. The molecular weight excluding hydrogens is 386 g/mol. The molecule has 6 heteroatoms. The minimum atomic E-state index is -0.198. The molecule has 106 valence electrons. The summed E-state index contributed by atoms with van der Waals surface area (Å²) in [6.07, 6.45) is 0. The van der Waals surface area contributed by atoms with E-state index < -0.39 is 0 Å². The first-order chi connectivity index (χ1) is 9.27. The van der Waals surface area contributed by atoms with Crippen molar-refractivity contribution >= 4 is 43.6 Å². The van der Waals surface area contributed by atoms with E-state index in [1.165, 1.54) is 0 Å². The van der Waals surface area contributed by atoms with Crippen molar-refractivity contribution < 1.29 is 4.79 Å². The van der Waals surface area contributed by atoms with Crippen LogP contribution in [-0.4, -0.2) is 16.1 Å². The summed E-state index contributed by atoms with van der Waals surface area (Å²) in [6, 6.07) is 7.26. The molecule has 0 aliphatic carbocycles. The zero-order chi connectivity index (χ0) is 14.9. The quantitative estimate of drug-likeness (QED) is 0.780. The topological polar surface area (TPSA) is 57.8 Å². The first-order valence-corrected chi connectivity index (χ1v) is 7.68. The summed E-state index contributed by atoms with van der Waals surface area (Å²) in [5.41, 5.74) is 1.50. The van der Waals surface area contributed by atoms with Gasteiger partial charge in [0.2, 0.25) is 0 Å². The average Bonchev–Trinajstić information content (AvgIpc) is 2.76. The molecular formula is C14H15Br2N3O. The first-order valence-electron chi connectivity index (χ1n) is 6.09. The van der Waals surface area contributed by atoms with Crippen molar-refractivity contribution in [3.8, 4) is 0 Å². The molecule has 1 heterocycles. The van der Waals surface area contributed by atoms with Crippen LogP contribution in [0.2, 0.25) is 0 Å². The molecule has 1 amide bonds. The summed E-state index contributed by atoms with van der Waals surface area (Å²) in [5.74, 6) is 0.325. The summed E-state index contributed by atoms with van der Waals surface area (Å²) < 4.78 is 1.65. The number of halogens is 2. The summed E-state index contributed by atoms with van der Waals surface area (Å²) >= 11 is 6.74. The van der Waals surface area contributed by atoms with Gasteiger partial charge in [0.25, 0.3) is 5.91 Å². The molecule has 0 fully saturated rings. The van der Waals surface area contributed by atoms with E-state index >= 15 is 0 Å². The molecule has 0 unspecified atom stereocenters. The molecule has 0 saturated carbocycles. The molecule has 0 saturated heterocycles. The molecule has 0 aliphatic heterocycles. The lowest BCUT2D eigenvalue weighted by Crippen LogP contribution is -2.13. The lowest BCUT2D eigenvalue weighted by Gasteiger charge is -2.14. The number of H-pyrrole nitrogens is 1. The van der Waals surface area contributed by atoms with Gasteiger partial charge in [-0.2, -0.15) is 5.10 Å². The Morgan fingerprint density at radius 2 is 1.95 bits per heavy atom. The number of nitrogens with zero attached hydrogens (tertiary/aromatic N) is 1. The maximum atomic E-state index is 12.2. The predicted molar refractivity (Wildman–Crippen MR) is 87.1 cm³/mol. The van der Waals surface area contributed by atoms with E-state index in [1.54, 1.807) is 6.07 Å². The molecule has 20 heavy (non-hydrogen) atoms. The Bertz CT molecular complexity index is 644. The largest absolute Gasteiger partial charge is 0.305 e. The van der Waals surface area contributed by atoms with Crippen LogP contribution in [0.5, 0.6) is 0 Å². The van der Waals surface area contributed by atoms with Crippen LogP contribution in [0, 0.1) is 0 Å². The highest BCUT2D eigenvalue weighted by Crippen LogP contribution is 2.24. The standard InChI is InChI=1S/C14H15Br2N3O/c1-14(2,3)11-7-12(19-18-11)17-13(20)9-5-4-8(15)6-10(9)16/h4-7H,1-3H3,(H2,17,18,19,20). The highest BCUT2D eigenvalue weighted by Gasteiger charge is 2.18. The van der Waals surface area contributed by atoms with E-state index in [0.29, 0.717) is 11.4 Å². The number of hydrogen-bond acceptors (Lipinski definition) is 2. The molecule has 2 N–H and O–H groups in total. The molecule has 2 aromatic rings. The third-order valence-corrected chi connectivity index (χ3v) is 3.95. The van der Waals surface area contributed by atoms with Gasteiger partial charge in [-0.05, 0) is 34.1 Å². The van der Waals surface area contributed by atoms with E-state index in [9.17, 15) is 4.79 Å². The van der Waals surface area contributed by atoms with Crippen molar-refractivity contribution in [3.63, 3.8) is 0 Å². The number of carbonyl (C=O) groups excluding carboxylic acids is 1. The third-order valence-electron chi connectivity index (χ3n) is 2.80. The van der Waals surface area contributed by atoms with Crippen LogP contribution in [-0.2, 0) is 5.41 Å². The maximum absolute atomic E-state index is 12.2. The number of rotatable bonds is 2. The van der Waals surface area contributed by atoms with E-state index in [2.05, 4.69) is 68.1 Å². The lowest BCUT2D eigenvalue weighted by molar-refractivity contribution is 0.102. The summed E-state index contributed by atoms with van der Waals surface area (Å²) in [5, 5.41) is 9.84. The molecule has 0 radical (unpaired) electrons. The third kappa shape index (κ3) is 3.49. The zero-order valence-electron chi connectivity index (χ0n) is 11.4. The molecule has 0 aliphatic rings. The van der Waals surface area contributed by atoms with Gasteiger partial charge in [-0.1, -0.05) is 36.7 Å². The highest BCUT2D eigenvalue weighted by atomic mass is 79.9. The summed E-state index contributed by atoms with van der Waals surface area (Å²) in [6.45, 7) is 6.24. The Morgan fingerprint density at radius 1 is 1.25 bits per heavy atom. The van der Waals surface area contributed by atoms with Gasteiger partial charge in [-0.25, -0.2) is 0 Å². The van der Waals surface area contributed by atoms with Crippen LogP contribution in [0.25, 0.3) is 0 Å². The second-order valence-corrected chi connectivity index (χ2v) is 7.27. The van der Waals surface area contributed by atoms with Crippen LogP contribution in [0.1, 0.15) is 36.8 Å². The van der Waals surface area contributed by atoms with Gasteiger partial charge in [0.05, 0.1) is 5.56 Å². The van der Waals surface area contributed by atoms with Crippen molar-refractivity contribution in [1.82, 2.24) is 10.2 Å². The van der Waals surface area contributed by atoms with Gasteiger partial charge < -0.3 is 5.32 Å². The van der Waals surface area contributed by atoms with Crippen LogP contribution in [0.3, 0.4) is 0 Å². The number of anilines is 1. The summed E-state index contributed by atoms with van der Waals surface area (Å²) in [4.78, 5) is 12.2. The Kier molecular flexibility index (Phi) is 4.34. The van der Waals surface area contributed by atoms with E-state index in [4.69, 9.17) is 0 Å². The van der Waals surface area contributed by atoms with Crippen molar-refractivity contribution in [2.75, 3.05) is 5.32 Å². The summed E-state index contributed by atoms with van der Waals surface area (Å²) in [7, 11) is 0. The van der Waals surface area contributed by atoms with Crippen molar-refractivity contribution in [2.24, 2.45) is 0 Å². The highest BCUT2D eigenvalue weighted by molar-refractivity contribution is 9.11. The number of nitrogens with one attached hydrogen (secondary N) is 2. The number of aromatic amines is 1. The molecule has 0 bridgehead atoms. The Morgan fingerprint density at radius 3 is 2.50 bits per heavy atom. The Hall–Kier alpha value is -1.14. The predicted octanol–water partition coefficient (Wildman–Crippen LogP) is 4.48. The molecule has 1 aromatic heterocycles.